The number of nitrogens with one attached hydrogen (secondary N) is 1. The highest BCUT2D eigenvalue weighted by Crippen LogP contribution is 2.12. The Bertz CT molecular complexity index is 601. The summed E-state index contributed by atoms with van der Waals surface area (Å²) in [7, 11) is 1.89. The third-order valence-corrected chi connectivity index (χ3v) is 3.91. The van der Waals surface area contributed by atoms with Gasteiger partial charge in [-0.2, -0.15) is 5.10 Å². The summed E-state index contributed by atoms with van der Waals surface area (Å²) < 4.78 is 1.81. The van der Waals surface area contributed by atoms with E-state index in [4.69, 9.17) is 5.73 Å². The van der Waals surface area contributed by atoms with Crippen LogP contribution in [0.2, 0.25) is 0 Å². The molecule has 0 saturated carbocycles. The number of nitrogens with two attached hydrogens (primary N) is 1. The molecule has 2 heterocycles. The van der Waals surface area contributed by atoms with Crippen LogP contribution in [0.3, 0.4) is 0 Å². The van der Waals surface area contributed by atoms with Gasteiger partial charge in [0.2, 0.25) is 0 Å². The second-order valence-corrected chi connectivity index (χ2v) is 5.23. The predicted molar refractivity (Wildman–Crippen MR) is 73.9 cm³/mol. The first-order valence-electron chi connectivity index (χ1n) is 5.94. The molecule has 0 bridgehead atoms. The van der Waals surface area contributed by atoms with E-state index < -0.39 is 0 Å². The summed E-state index contributed by atoms with van der Waals surface area (Å²) >= 11 is 1.40. The van der Waals surface area contributed by atoms with E-state index in [2.05, 4.69) is 15.4 Å². The molecule has 6 nitrogen and oxygen atoms in total. The zero-order valence-electron chi connectivity index (χ0n) is 11.2. The van der Waals surface area contributed by atoms with Gasteiger partial charge in [-0.05, 0) is 13.8 Å². The molecule has 0 aliphatic heterocycles. The van der Waals surface area contributed by atoms with Crippen molar-refractivity contribution in [1.29, 1.82) is 0 Å². The van der Waals surface area contributed by atoms with Crippen molar-refractivity contribution in [3.63, 3.8) is 0 Å². The number of aryl methyl sites for hydroxylation is 2. The fourth-order valence-corrected chi connectivity index (χ4v) is 2.50. The van der Waals surface area contributed by atoms with E-state index in [0.29, 0.717) is 18.8 Å². The first kappa shape index (κ1) is 13.7. The van der Waals surface area contributed by atoms with Crippen LogP contribution < -0.4 is 11.1 Å². The van der Waals surface area contributed by atoms with E-state index in [0.717, 1.165) is 22.0 Å². The lowest BCUT2D eigenvalue weighted by molar-refractivity contribution is 0.0946. The van der Waals surface area contributed by atoms with Crippen LogP contribution in [0, 0.1) is 13.8 Å². The highest BCUT2D eigenvalue weighted by Gasteiger charge is 2.13. The summed E-state index contributed by atoms with van der Waals surface area (Å²) in [5, 5.41) is 9.66. The van der Waals surface area contributed by atoms with Gasteiger partial charge in [0.05, 0.1) is 5.69 Å². The molecule has 3 N–H and O–H groups in total. The van der Waals surface area contributed by atoms with Crippen molar-refractivity contribution in [2.75, 3.05) is 0 Å². The molecule has 0 aromatic carbocycles. The van der Waals surface area contributed by atoms with Crippen molar-refractivity contribution in [3.8, 4) is 0 Å². The summed E-state index contributed by atoms with van der Waals surface area (Å²) in [5.41, 5.74) is 8.93. The number of carbonyl (C=O) groups is 1. The normalized spacial score (nSPS) is 10.7. The van der Waals surface area contributed by atoms with Crippen molar-refractivity contribution >= 4 is 17.2 Å². The Morgan fingerprint density at radius 3 is 2.79 bits per heavy atom. The predicted octanol–water partition coefficient (Wildman–Crippen LogP) is 0.882. The summed E-state index contributed by atoms with van der Waals surface area (Å²) in [6, 6.07) is 0. The largest absolute Gasteiger partial charge is 0.346 e. The average Bonchev–Trinajstić information content (AvgIpc) is 2.94. The third kappa shape index (κ3) is 2.82. The standard InChI is InChI=1S/C12H17N5OS/c1-7-9(8(2)17(3)16-7)5-14-12(18)10-6-19-11(4-13)15-10/h6H,4-5,13H2,1-3H3,(H,14,18). The Hall–Kier alpha value is -1.73. The molecule has 0 aliphatic carbocycles. The van der Waals surface area contributed by atoms with Crippen LogP contribution >= 0.6 is 11.3 Å². The van der Waals surface area contributed by atoms with E-state index in [1.165, 1.54) is 11.3 Å². The maximum Gasteiger partial charge on any atom is 0.271 e. The Labute approximate surface area is 115 Å². The first-order chi connectivity index (χ1) is 9.02. The molecule has 0 spiro atoms. The molecule has 19 heavy (non-hydrogen) atoms. The molecule has 7 heteroatoms. The molecule has 0 aliphatic rings. The van der Waals surface area contributed by atoms with Crippen molar-refractivity contribution in [1.82, 2.24) is 20.1 Å². The Balaban J connectivity index is 2.04. The molecular weight excluding hydrogens is 262 g/mol. The lowest BCUT2D eigenvalue weighted by Gasteiger charge is -2.04. The quantitative estimate of drug-likeness (QED) is 0.870. The first-order valence-corrected chi connectivity index (χ1v) is 6.82. The lowest BCUT2D eigenvalue weighted by Crippen LogP contribution is -2.23. The van der Waals surface area contributed by atoms with Gasteiger partial charge in [0.15, 0.2) is 0 Å². The SMILES string of the molecule is Cc1nn(C)c(C)c1CNC(=O)c1csc(CN)n1. The van der Waals surface area contributed by atoms with Crippen molar-refractivity contribution < 1.29 is 4.79 Å². The van der Waals surface area contributed by atoms with E-state index in [-0.39, 0.29) is 5.91 Å². The van der Waals surface area contributed by atoms with Crippen molar-refractivity contribution in [2.24, 2.45) is 12.8 Å². The molecule has 2 aromatic rings. The molecule has 102 valence electrons. The number of amides is 1. The molecule has 0 atom stereocenters. The van der Waals surface area contributed by atoms with E-state index in [1.54, 1.807) is 5.38 Å². The number of carbonyl (C=O) groups excluding carboxylic acids is 1. The highest BCUT2D eigenvalue weighted by molar-refractivity contribution is 7.09. The number of thiazole rings is 1. The number of aromatic nitrogens is 3. The number of nitrogens with zero attached hydrogens (tertiary/aromatic N) is 3. The maximum absolute atomic E-state index is 11.9. The molecule has 0 fully saturated rings. The monoisotopic (exact) mass is 279 g/mol. The van der Waals surface area contributed by atoms with Crippen molar-refractivity contribution in [2.45, 2.75) is 26.9 Å². The minimum Gasteiger partial charge on any atom is -0.346 e. The molecule has 2 rings (SSSR count). The minimum atomic E-state index is -0.182. The lowest BCUT2D eigenvalue weighted by atomic mass is 10.2. The fraction of sp³-hybridized carbons (Fsp3) is 0.417. The molecule has 1 amide bonds. The molecule has 0 unspecified atom stereocenters. The Kier molecular flexibility index (Phi) is 3.96. The zero-order chi connectivity index (χ0) is 14.0. The van der Waals surface area contributed by atoms with Gasteiger partial charge in [0, 0.05) is 36.8 Å². The van der Waals surface area contributed by atoms with E-state index in [9.17, 15) is 4.79 Å². The fourth-order valence-electron chi connectivity index (χ4n) is 1.84. The van der Waals surface area contributed by atoms with Crippen LogP contribution in [0.15, 0.2) is 5.38 Å². The third-order valence-electron chi connectivity index (χ3n) is 3.04. The van der Waals surface area contributed by atoms with Gasteiger partial charge >= 0.3 is 0 Å². The number of hydrogen-bond donors (Lipinski definition) is 2. The minimum absolute atomic E-state index is 0.182. The summed E-state index contributed by atoms with van der Waals surface area (Å²) in [4.78, 5) is 16.1. The van der Waals surface area contributed by atoms with Crippen LogP contribution in [0.5, 0.6) is 0 Å². The van der Waals surface area contributed by atoms with Gasteiger partial charge in [-0.15, -0.1) is 11.3 Å². The highest BCUT2D eigenvalue weighted by atomic mass is 32.1. The van der Waals surface area contributed by atoms with Gasteiger partial charge in [0.1, 0.15) is 10.7 Å². The second kappa shape index (κ2) is 5.50. The van der Waals surface area contributed by atoms with Gasteiger partial charge in [-0.3, -0.25) is 9.48 Å². The number of rotatable bonds is 4. The zero-order valence-corrected chi connectivity index (χ0v) is 12.0. The van der Waals surface area contributed by atoms with E-state index in [1.807, 2.05) is 25.6 Å². The summed E-state index contributed by atoms with van der Waals surface area (Å²) in [6.45, 7) is 4.74. The smallest absolute Gasteiger partial charge is 0.271 e. The van der Waals surface area contributed by atoms with Crippen LogP contribution in [0.1, 0.15) is 32.4 Å². The Morgan fingerprint density at radius 1 is 1.53 bits per heavy atom. The van der Waals surface area contributed by atoms with E-state index >= 15 is 0 Å². The number of hydrogen-bond acceptors (Lipinski definition) is 5. The summed E-state index contributed by atoms with van der Waals surface area (Å²) in [6.07, 6.45) is 0. The van der Waals surface area contributed by atoms with Gasteiger partial charge in [-0.25, -0.2) is 4.98 Å². The summed E-state index contributed by atoms with van der Waals surface area (Å²) in [5.74, 6) is -0.182. The average molecular weight is 279 g/mol. The van der Waals surface area contributed by atoms with Crippen LogP contribution in [0.4, 0.5) is 0 Å². The van der Waals surface area contributed by atoms with Crippen LogP contribution in [-0.2, 0) is 20.1 Å². The van der Waals surface area contributed by atoms with Gasteiger partial charge < -0.3 is 11.1 Å². The van der Waals surface area contributed by atoms with Gasteiger partial charge in [0.25, 0.3) is 5.91 Å². The van der Waals surface area contributed by atoms with Crippen LogP contribution in [0.25, 0.3) is 0 Å². The molecule has 2 aromatic heterocycles. The Morgan fingerprint density at radius 2 is 2.26 bits per heavy atom. The molecule has 0 saturated heterocycles. The van der Waals surface area contributed by atoms with Crippen LogP contribution in [-0.4, -0.2) is 20.7 Å². The van der Waals surface area contributed by atoms with Gasteiger partial charge in [-0.1, -0.05) is 0 Å². The molecule has 0 radical (unpaired) electrons. The molecular formula is C12H17N5OS. The second-order valence-electron chi connectivity index (χ2n) is 4.29. The van der Waals surface area contributed by atoms with Crippen molar-refractivity contribution in [3.05, 3.63) is 33.0 Å². The topological polar surface area (TPSA) is 85.8 Å². The maximum atomic E-state index is 11.9.